The van der Waals surface area contributed by atoms with Gasteiger partial charge in [-0.2, -0.15) is 0 Å². The number of methoxy groups -OCH3 is 1. The van der Waals surface area contributed by atoms with Crippen molar-refractivity contribution in [3.8, 4) is 5.75 Å². The number of carbonyl (C=O) groups excluding carboxylic acids is 2. The van der Waals surface area contributed by atoms with Crippen molar-refractivity contribution in [1.82, 2.24) is 4.98 Å². The van der Waals surface area contributed by atoms with Crippen LogP contribution in [-0.2, 0) is 9.59 Å². The van der Waals surface area contributed by atoms with Crippen LogP contribution in [0.3, 0.4) is 0 Å². The molecule has 30 heavy (non-hydrogen) atoms. The Morgan fingerprint density at radius 2 is 1.87 bits per heavy atom. The highest BCUT2D eigenvalue weighted by Crippen LogP contribution is 2.48. The number of ether oxygens (including phenoxy) is 1. The summed E-state index contributed by atoms with van der Waals surface area (Å²) in [4.78, 5) is 40.8. The topological polar surface area (TPSA) is 118 Å². The molecule has 3 N–H and O–H groups in total. The molecule has 0 radical (unpaired) electrons. The van der Waals surface area contributed by atoms with Crippen molar-refractivity contribution in [2.45, 2.75) is 6.42 Å². The van der Waals surface area contributed by atoms with Crippen molar-refractivity contribution in [1.29, 1.82) is 0 Å². The maximum atomic E-state index is 12.8. The van der Waals surface area contributed by atoms with Crippen LogP contribution in [0.4, 0.5) is 11.4 Å². The molecule has 2 aliphatic carbocycles. The van der Waals surface area contributed by atoms with Gasteiger partial charge >= 0.3 is 5.97 Å². The number of amides is 2. The van der Waals surface area contributed by atoms with Crippen LogP contribution in [-0.4, -0.2) is 35.0 Å². The fourth-order valence-corrected chi connectivity index (χ4v) is 4.31. The van der Waals surface area contributed by atoms with Gasteiger partial charge in [0.1, 0.15) is 5.75 Å². The molecule has 154 valence electrons. The molecule has 8 nitrogen and oxygen atoms in total. The second kappa shape index (κ2) is 7.98. The largest absolute Gasteiger partial charge is 0.494 e. The minimum atomic E-state index is -0.946. The molecule has 8 heteroatoms. The minimum absolute atomic E-state index is 0.0592. The fraction of sp³-hybridized carbons (Fsp3) is 0.273. The summed E-state index contributed by atoms with van der Waals surface area (Å²) in [7, 11) is 1.46. The van der Waals surface area contributed by atoms with E-state index in [1.165, 1.54) is 13.3 Å². The molecular weight excluding hydrogens is 386 g/mol. The van der Waals surface area contributed by atoms with E-state index in [1.54, 1.807) is 36.5 Å². The molecule has 2 aromatic rings. The molecule has 0 aliphatic heterocycles. The van der Waals surface area contributed by atoms with Gasteiger partial charge < -0.3 is 20.5 Å². The summed E-state index contributed by atoms with van der Waals surface area (Å²) in [6.07, 6.45) is 7.56. The average Bonchev–Trinajstić information content (AvgIpc) is 3.37. The molecule has 4 rings (SSSR count). The highest BCUT2D eigenvalue weighted by Gasteiger charge is 2.51. The number of fused-ring (bicyclic) bond motifs is 2. The quantitative estimate of drug-likeness (QED) is 0.634. The molecule has 0 saturated heterocycles. The Labute approximate surface area is 173 Å². The van der Waals surface area contributed by atoms with Gasteiger partial charge in [0, 0.05) is 24.1 Å². The smallest absolute Gasteiger partial charge is 0.307 e. The summed E-state index contributed by atoms with van der Waals surface area (Å²) in [5.74, 6) is -2.71. The maximum Gasteiger partial charge on any atom is 0.307 e. The van der Waals surface area contributed by atoms with E-state index in [-0.39, 0.29) is 23.7 Å². The molecule has 1 fully saturated rings. The second-order valence-electron chi connectivity index (χ2n) is 7.44. The van der Waals surface area contributed by atoms with Crippen molar-refractivity contribution in [3.05, 3.63) is 60.4 Å². The maximum absolute atomic E-state index is 12.8. The summed E-state index contributed by atoms with van der Waals surface area (Å²) < 4.78 is 5.35. The predicted octanol–water partition coefficient (Wildman–Crippen LogP) is 2.80. The van der Waals surface area contributed by atoms with Crippen LogP contribution in [0.25, 0.3) is 0 Å². The second-order valence-corrected chi connectivity index (χ2v) is 7.44. The van der Waals surface area contributed by atoms with Gasteiger partial charge in [-0.15, -0.1) is 0 Å². The Hall–Kier alpha value is -3.68. The number of carboxylic acid groups (broad SMARTS) is 1. The molecule has 2 amide bonds. The Kier molecular flexibility index (Phi) is 5.22. The standard InChI is InChI=1S/C22H21N3O5/c1-30-17-10-15(6-7-16(17)25-20(26)14-3-2-8-23-11-14)24-21(27)18-12-4-5-13(9-12)19(18)22(28)29/h2-8,10-13,18-19H,9H2,1H3,(H,24,27)(H,25,26)(H,28,29)/t12-,13-,18+,19-/m0/s1. The van der Waals surface area contributed by atoms with E-state index in [0.29, 0.717) is 29.1 Å². The van der Waals surface area contributed by atoms with Gasteiger partial charge in [-0.25, -0.2) is 0 Å². The van der Waals surface area contributed by atoms with Gasteiger partial charge in [0.05, 0.1) is 30.2 Å². The number of aromatic nitrogens is 1. The number of allylic oxidation sites excluding steroid dienone is 2. The Bertz CT molecular complexity index is 1020. The van der Waals surface area contributed by atoms with Gasteiger partial charge in [-0.05, 0) is 42.5 Å². The Morgan fingerprint density at radius 3 is 2.53 bits per heavy atom. The van der Waals surface area contributed by atoms with Crippen molar-refractivity contribution in [3.63, 3.8) is 0 Å². The molecule has 2 aliphatic rings. The van der Waals surface area contributed by atoms with Crippen molar-refractivity contribution >= 4 is 29.2 Å². The molecule has 1 aromatic heterocycles. The number of aliphatic carboxylic acids is 1. The van der Waals surface area contributed by atoms with Crippen molar-refractivity contribution in [2.24, 2.45) is 23.7 Å². The summed E-state index contributed by atoms with van der Waals surface area (Å²) in [5.41, 5.74) is 1.31. The summed E-state index contributed by atoms with van der Waals surface area (Å²) in [5, 5.41) is 15.1. The number of nitrogens with one attached hydrogen (secondary N) is 2. The number of benzene rings is 1. The molecule has 1 aromatic carbocycles. The first-order valence-electron chi connectivity index (χ1n) is 9.59. The van der Waals surface area contributed by atoms with Gasteiger partial charge in [0.25, 0.3) is 5.91 Å². The molecule has 0 spiro atoms. The van der Waals surface area contributed by atoms with E-state index in [2.05, 4.69) is 15.6 Å². The number of pyridine rings is 1. The lowest BCUT2D eigenvalue weighted by Crippen LogP contribution is -2.36. The third-order valence-corrected chi connectivity index (χ3v) is 5.69. The number of carbonyl (C=O) groups is 3. The van der Waals surface area contributed by atoms with Crippen molar-refractivity contribution < 1.29 is 24.2 Å². The number of anilines is 2. The van der Waals surface area contributed by atoms with Gasteiger partial charge in [0.2, 0.25) is 5.91 Å². The summed E-state index contributed by atoms with van der Waals surface area (Å²) in [6, 6.07) is 8.16. The molecule has 2 bridgehead atoms. The molecule has 0 unspecified atom stereocenters. The number of nitrogens with zero attached hydrogens (tertiary/aromatic N) is 1. The Balaban J connectivity index is 1.49. The SMILES string of the molecule is COc1cc(NC(=O)[C@H]2[C@@H](C(=O)O)[C@H]3C=C[C@H]2C3)ccc1NC(=O)c1cccnc1. The monoisotopic (exact) mass is 407 g/mol. The van der Waals surface area contributed by atoms with Crippen LogP contribution in [0.15, 0.2) is 54.9 Å². The van der Waals surface area contributed by atoms with Crippen LogP contribution in [0.1, 0.15) is 16.8 Å². The molecule has 4 atom stereocenters. The lowest BCUT2D eigenvalue weighted by Gasteiger charge is -2.24. The van der Waals surface area contributed by atoms with Gasteiger partial charge in [-0.3, -0.25) is 19.4 Å². The first-order chi connectivity index (χ1) is 14.5. The number of hydrogen-bond acceptors (Lipinski definition) is 5. The van der Waals surface area contributed by atoms with E-state index in [4.69, 9.17) is 4.74 Å². The Morgan fingerprint density at radius 1 is 1.10 bits per heavy atom. The molecular formula is C22H21N3O5. The zero-order chi connectivity index (χ0) is 21.3. The minimum Gasteiger partial charge on any atom is -0.494 e. The zero-order valence-corrected chi connectivity index (χ0v) is 16.2. The molecule has 1 heterocycles. The number of carboxylic acids is 1. The van der Waals surface area contributed by atoms with E-state index in [0.717, 1.165) is 0 Å². The van der Waals surface area contributed by atoms with Crippen LogP contribution >= 0.6 is 0 Å². The van der Waals surface area contributed by atoms with Crippen LogP contribution in [0.5, 0.6) is 5.75 Å². The third-order valence-electron chi connectivity index (χ3n) is 5.69. The highest BCUT2D eigenvalue weighted by molar-refractivity contribution is 6.05. The lowest BCUT2D eigenvalue weighted by molar-refractivity contribution is -0.146. The third kappa shape index (κ3) is 3.63. The van der Waals surface area contributed by atoms with Crippen LogP contribution in [0.2, 0.25) is 0 Å². The van der Waals surface area contributed by atoms with Gasteiger partial charge in [0.15, 0.2) is 0 Å². The van der Waals surface area contributed by atoms with Gasteiger partial charge in [-0.1, -0.05) is 12.2 Å². The first-order valence-corrected chi connectivity index (χ1v) is 9.59. The lowest BCUT2D eigenvalue weighted by atomic mass is 9.82. The number of hydrogen-bond donors (Lipinski definition) is 3. The molecule has 1 saturated carbocycles. The normalized spacial score (nSPS) is 23.8. The first kappa shape index (κ1) is 19.6. The summed E-state index contributed by atoms with van der Waals surface area (Å²) in [6.45, 7) is 0. The predicted molar refractivity (Wildman–Crippen MR) is 109 cm³/mol. The van der Waals surface area contributed by atoms with E-state index < -0.39 is 17.8 Å². The van der Waals surface area contributed by atoms with Crippen LogP contribution < -0.4 is 15.4 Å². The van der Waals surface area contributed by atoms with E-state index >= 15 is 0 Å². The zero-order valence-electron chi connectivity index (χ0n) is 16.2. The number of rotatable bonds is 6. The van der Waals surface area contributed by atoms with Crippen molar-refractivity contribution in [2.75, 3.05) is 17.7 Å². The fourth-order valence-electron chi connectivity index (χ4n) is 4.31. The summed E-state index contributed by atoms with van der Waals surface area (Å²) >= 11 is 0. The average molecular weight is 407 g/mol. The van der Waals surface area contributed by atoms with E-state index in [1.807, 2.05) is 12.2 Å². The highest BCUT2D eigenvalue weighted by atomic mass is 16.5. The van der Waals surface area contributed by atoms with E-state index in [9.17, 15) is 19.5 Å². The van der Waals surface area contributed by atoms with Crippen LogP contribution in [0, 0.1) is 23.7 Å².